The Labute approximate surface area is 47.6 Å². The summed E-state index contributed by atoms with van der Waals surface area (Å²) < 4.78 is 0. The minimum Gasteiger partial charge on any atom is -0.258 e. The first-order chi connectivity index (χ1) is 3.97. The molecule has 0 saturated heterocycles. The molecule has 0 radical (unpaired) electrons. The molecule has 2 heteroatoms. The number of hydrogen-bond acceptors (Lipinski definition) is 2. The molecule has 0 bridgehead atoms. The van der Waals surface area contributed by atoms with Crippen molar-refractivity contribution in [1.29, 1.82) is 0 Å². The van der Waals surface area contributed by atoms with E-state index in [-0.39, 0.29) is 0 Å². The largest absolute Gasteiger partial charge is 0.258 e. The molecule has 8 heavy (non-hydrogen) atoms. The molecular formula is C6H6N2. The van der Waals surface area contributed by atoms with Gasteiger partial charge in [0.05, 0.1) is 11.4 Å². The van der Waals surface area contributed by atoms with Crippen molar-refractivity contribution in [3.8, 4) is 0 Å². The molecular weight excluding hydrogens is 100 g/mol. The van der Waals surface area contributed by atoms with Crippen molar-refractivity contribution in [3.05, 3.63) is 23.8 Å². The summed E-state index contributed by atoms with van der Waals surface area (Å²) in [5, 5.41) is 0. The molecule has 40 valence electrons. The second kappa shape index (κ2) is 1.28. The van der Waals surface area contributed by atoms with E-state index in [2.05, 4.69) is 9.97 Å². The van der Waals surface area contributed by atoms with Crippen LogP contribution >= 0.6 is 0 Å². The van der Waals surface area contributed by atoms with E-state index in [1.54, 1.807) is 12.4 Å². The topological polar surface area (TPSA) is 25.8 Å². The lowest BCUT2D eigenvalue weighted by molar-refractivity contribution is 0.742. The van der Waals surface area contributed by atoms with E-state index in [0.29, 0.717) is 0 Å². The number of rotatable bonds is 0. The average Bonchev–Trinajstić information content (AvgIpc) is 1.72. The van der Waals surface area contributed by atoms with E-state index in [9.17, 15) is 0 Å². The summed E-state index contributed by atoms with van der Waals surface area (Å²) in [5.41, 5.74) is 2.38. The average molecular weight is 106 g/mol. The van der Waals surface area contributed by atoms with Crippen LogP contribution < -0.4 is 0 Å². The quantitative estimate of drug-likeness (QED) is 0.483. The molecule has 1 aromatic rings. The fraction of sp³-hybridized carbons (Fsp3) is 0.333. The van der Waals surface area contributed by atoms with Gasteiger partial charge in [-0.1, -0.05) is 0 Å². The van der Waals surface area contributed by atoms with E-state index < -0.39 is 0 Å². The van der Waals surface area contributed by atoms with Crippen molar-refractivity contribution < 1.29 is 0 Å². The second-order valence-corrected chi connectivity index (χ2v) is 1.95. The molecule has 0 amide bonds. The van der Waals surface area contributed by atoms with Crippen LogP contribution in [-0.4, -0.2) is 9.97 Å². The highest BCUT2D eigenvalue weighted by molar-refractivity contribution is 5.20. The first-order valence-corrected chi connectivity index (χ1v) is 2.75. The van der Waals surface area contributed by atoms with E-state index >= 15 is 0 Å². The molecule has 0 unspecified atom stereocenters. The zero-order valence-corrected chi connectivity index (χ0v) is 4.46. The van der Waals surface area contributed by atoms with Crippen molar-refractivity contribution in [1.82, 2.24) is 9.97 Å². The minimum absolute atomic E-state index is 1.13. The fourth-order valence-corrected chi connectivity index (χ4v) is 0.873. The van der Waals surface area contributed by atoms with Crippen molar-refractivity contribution in [3.63, 3.8) is 0 Å². The van der Waals surface area contributed by atoms with Crippen LogP contribution in [0.15, 0.2) is 12.4 Å². The summed E-state index contributed by atoms with van der Waals surface area (Å²) in [6.07, 6.45) is 5.75. The van der Waals surface area contributed by atoms with Crippen LogP contribution in [0.3, 0.4) is 0 Å². The van der Waals surface area contributed by atoms with Gasteiger partial charge in [-0.2, -0.15) is 0 Å². The molecule has 0 aliphatic heterocycles. The lowest BCUT2D eigenvalue weighted by atomic mass is 10.0. The molecule has 1 heterocycles. The molecule has 0 atom stereocenters. The Kier molecular flexibility index (Phi) is 0.640. The zero-order valence-electron chi connectivity index (χ0n) is 4.46. The molecule has 1 aliphatic carbocycles. The van der Waals surface area contributed by atoms with Gasteiger partial charge in [0, 0.05) is 12.4 Å². The van der Waals surface area contributed by atoms with Crippen LogP contribution in [-0.2, 0) is 12.8 Å². The molecule has 2 nitrogen and oxygen atoms in total. The molecule has 0 fully saturated rings. The zero-order chi connectivity index (χ0) is 5.40. The van der Waals surface area contributed by atoms with E-state index in [1.165, 1.54) is 11.4 Å². The molecule has 1 aliphatic rings. The molecule has 0 spiro atoms. The summed E-state index contributed by atoms with van der Waals surface area (Å²) in [5.74, 6) is 0. The maximum atomic E-state index is 4.10. The van der Waals surface area contributed by atoms with Crippen molar-refractivity contribution >= 4 is 0 Å². The van der Waals surface area contributed by atoms with Gasteiger partial charge in [0.15, 0.2) is 0 Å². The van der Waals surface area contributed by atoms with Gasteiger partial charge in [-0.15, -0.1) is 0 Å². The van der Waals surface area contributed by atoms with Crippen LogP contribution in [0.25, 0.3) is 0 Å². The van der Waals surface area contributed by atoms with Gasteiger partial charge in [0.25, 0.3) is 0 Å². The monoisotopic (exact) mass is 106 g/mol. The molecule has 0 saturated carbocycles. The summed E-state index contributed by atoms with van der Waals surface area (Å²) in [4.78, 5) is 8.21. The van der Waals surface area contributed by atoms with Gasteiger partial charge in [-0.05, 0) is 12.8 Å². The number of aryl methyl sites for hydroxylation is 2. The smallest absolute Gasteiger partial charge is 0.0622 e. The van der Waals surface area contributed by atoms with Gasteiger partial charge in [-0.25, -0.2) is 0 Å². The third-order valence-electron chi connectivity index (χ3n) is 1.46. The van der Waals surface area contributed by atoms with Crippen LogP contribution in [0.4, 0.5) is 0 Å². The fourth-order valence-electron chi connectivity index (χ4n) is 0.873. The Morgan fingerprint density at radius 2 is 1.50 bits per heavy atom. The van der Waals surface area contributed by atoms with Crippen LogP contribution in [0.2, 0.25) is 0 Å². The van der Waals surface area contributed by atoms with Crippen LogP contribution in [0, 0.1) is 0 Å². The lowest BCUT2D eigenvalue weighted by Crippen LogP contribution is -2.12. The highest BCUT2D eigenvalue weighted by Crippen LogP contribution is 2.15. The summed E-state index contributed by atoms with van der Waals surface area (Å²) in [6.45, 7) is 0. The van der Waals surface area contributed by atoms with Gasteiger partial charge in [0.2, 0.25) is 0 Å². The molecule has 2 rings (SSSR count). The van der Waals surface area contributed by atoms with Crippen LogP contribution in [0.1, 0.15) is 11.4 Å². The van der Waals surface area contributed by atoms with E-state index in [1.807, 2.05) is 0 Å². The van der Waals surface area contributed by atoms with Gasteiger partial charge in [-0.3, -0.25) is 9.97 Å². The first-order valence-electron chi connectivity index (χ1n) is 2.75. The lowest BCUT2D eigenvalue weighted by Gasteiger charge is -2.13. The highest BCUT2D eigenvalue weighted by Gasteiger charge is 2.13. The minimum atomic E-state index is 1.13. The van der Waals surface area contributed by atoms with Gasteiger partial charge < -0.3 is 0 Å². The van der Waals surface area contributed by atoms with Gasteiger partial charge >= 0.3 is 0 Å². The molecule has 0 aromatic carbocycles. The third-order valence-corrected chi connectivity index (χ3v) is 1.46. The van der Waals surface area contributed by atoms with Crippen LogP contribution in [0.5, 0.6) is 0 Å². The predicted octanol–water partition coefficient (Wildman–Crippen LogP) is 0.575. The normalized spacial score (nSPS) is 14.5. The standard InChI is InChI=1S/C6H6N2/c1-2-6-5(1)7-3-4-8-6/h3-4H,1-2H2. The van der Waals surface area contributed by atoms with Crippen molar-refractivity contribution in [2.75, 3.05) is 0 Å². The van der Waals surface area contributed by atoms with Crippen molar-refractivity contribution in [2.45, 2.75) is 12.8 Å². The van der Waals surface area contributed by atoms with Gasteiger partial charge in [0.1, 0.15) is 0 Å². The Morgan fingerprint density at radius 3 is 1.75 bits per heavy atom. The number of nitrogens with zero attached hydrogens (tertiary/aromatic N) is 2. The second-order valence-electron chi connectivity index (χ2n) is 1.95. The first kappa shape index (κ1) is 4.01. The Bertz CT molecular complexity index is 184. The summed E-state index contributed by atoms with van der Waals surface area (Å²) in [6, 6.07) is 0. The molecule has 0 N–H and O–H groups in total. The highest BCUT2D eigenvalue weighted by atomic mass is 14.8. The van der Waals surface area contributed by atoms with E-state index in [4.69, 9.17) is 0 Å². The maximum Gasteiger partial charge on any atom is 0.0622 e. The third kappa shape index (κ3) is 0.372. The van der Waals surface area contributed by atoms with E-state index in [0.717, 1.165) is 12.8 Å². The summed E-state index contributed by atoms with van der Waals surface area (Å²) in [7, 11) is 0. The Hall–Kier alpha value is -0.920. The Morgan fingerprint density at radius 1 is 1.00 bits per heavy atom. The Balaban J connectivity index is 2.62. The number of fused-ring (bicyclic) bond motifs is 1. The SMILES string of the molecule is c1cnc2c(n1)CC2. The number of hydrogen-bond donors (Lipinski definition) is 0. The predicted molar refractivity (Wildman–Crippen MR) is 29.4 cm³/mol. The molecule has 1 aromatic heterocycles. The maximum absolute atomic E-state index is 4.10. The van der Waals surface area contributed by atoms with Crippen molar-refractivity contribution in [2.24, 2.45) is 0 Å². The number of aromatic nitrogens is 2. The summed E-state index contributed by atoms with van der Waals surface area (Å²) >= 11 is 0.